The first-order valence-corrected chi connectivity index (χ1v) is 7.85. The van der Waals surface area contributed by atoms with E-state index in [1.165, 1.54) is 0 Å². The predicted molar refractivity (Wildman–Crippen MR) is 85.6 cm³/mol. The first-order chi connectivity index (χ1) is 10.1. The fourth-order valence-electron chi connectivity index (χ4n) is 1.83. The van der Waals surface area contributed by atoms with Crippen LogP contribution in [0.3, 0.4) is 0 Å². The zero-order valence-corrected chi connectivity index (χ0v) is 13.0. The molecular formula is C16H13ClN2OS. The van der Waals surface area contributed by atoms with Crippen LogP contribution in [0.2, 0.25) is 5.02 Å². The second kappa shape index (κ2) is 7.16. The third kappa shape index (κ3) is 4.01. The second-order valence-electron chi connectivity index (χ2n) is 4.34. The van der Waals surface area contributed by atoms with Crippen molar-refractivity contribution in [3.63, 3.8) is 0 Å². The molecule has 0 fully saturated rings. The lowest BCUT2D eigenvalue weighted by Gasteiger charge is -2.08. The fraction of sp³-hybridized carbons (Fsp3) is 0.125. The van der Waals surface area contributed by atoms with Crippen molar-refractivity contribution in [2.45, 2.75) is 11.4 Å². The monoisotopic (exact) mass is 316 g/mol. The Morgan fingerprint density at radius 2 is 2.14 bits per heavy atom. The van der Waals surface area contributed by atoms with Gasteiger partial charge in [-0.15, -0.1) is 11.8 Å². The van der Waals surface area contributed by atoms with Crippen LogP contribution < -0.4 is 5.32 Å². The van der Waals surface area contributed by atoms with E-state index in [4.69, 9.17) is 16.9 Å². The summed E-state index contributed by atoms with van der Waals surface area (Å²) < 4.78 is 0. The van der Waals surface area contributed by atoms with Gasteiger partial charge in [0, 0.05) is 11.4 Å². The third-order valence-electron chi connectivity index (χ3n) is 2.93. The van der Waals surface area contributed by atoms with Gasteiger partial charge in [0.2, 0.25) is 0 Å². The zero-order valence-electron chi connectivity index (χ0n) is 11.4. The number of carbonyl (C=O) groups is 1. The number of hydrogen-bond donors (Lipinski definition) is 1. The minimum atomic E-state index is -0.224. The molecular weight excluding hydrogens is 304 g/mol. The quantitative estimate of drug-likeness (QED) is 0.871. The van der Waals surface area contributed by atoms with Gasteiger partial charge in [0.05, 0.1) is 22.2 Å². The van der Waals surface area contributed by atoms with Crippen molar-refractivity contribution in [1.29, 1.82) is 5.26 Å². The van der Waals surface area contributed by atoms with E-state index in [0.717, 1.165) is 10.5 Å². The number of rotatable bonds is 4. The predicted octanol–water partition coefficient (Wildman–Crippen LogP) is 3.86. The summed E-state index contributed by atoms with van der Waals surface area (Å²) in [6.45, 7) is 0.355. The molecule has 0 saturated carbocycles. The van der Waals surface area contributed by atoms with Crippen molar-refractivity contribution >= 4 is 29.3 Å². The summed E-state index contributed by atoms with van der Waals surface area (Å²) in [5.41, 5.74) is 1.91. The molecule has 0 atom stereocenters. The SMILES string of the molecule is CSc1ccc(Cl)c(C(=O)NCc2cccc(C#N)c2)c1. The number of nitrogens with one attached hydrogen (secondary N) is 1. The standard InChI is InChI=1S/C16H13ClN2OS/c1-21-13-5-6-15(17)14(8-13)16(20)19-10-12-4-2-3-11(7-12)9-18/h2-8H,10H2,1H3,(H,19,20). The highest BCUT2D eigenvalue weighted by atomic mass is 35.5. The van der Waals surface area contributed by atoms with E-state index in [0.29, 0.717) is 22.7 Å². The molecule has 0 aromatic heterocycles. The van der Waals surface area contributed by atoms with Crippen molar-refractivity contribution in [1.82, 2.24) is 5.32 Å². The molecule has 0 unspecified atom stereocenters. The van der Waals surface area contributed by atoms with Crippen LogP contribution >= 0.6 is 23.4 Å². The number of benzene rings is 2. The number of halogens is 1. The number of nitrogens with zero attached hydrogens (tertiary/aromatic N) is 1. The van der Waals surface area contributed by atoms with Gasteiger partial charge in [-0.2, -0.15) is 5.26 Å². The van der Waals surface area contributed by atoms with Crippen LogP contribution in [-0.4, -0.2) is 12.2 Å². The Morgan fingerprint density at radius 1 is 1.33 bits per heavy atom. The lowest BCUT2D eigenvalue weighted by molar-refractivity contribution is 0.0951. The average Bonchev–Trinajstić information content (AvgIpc) is 2.53. The molecule has 21 heavy (non-hydrogen) atoms. The van der Waals surface area contributed by atoms with E-state index in [2.05, 4.69) is 11.4 Å². The molecule has 0 heterocycles. The highest BCUT2D eigenvalue weighted by Crippen LogP contribution is 2.23. The summed E-state index contributed by atoms with van der Waals surface area (Å²) >= 11 is 7.62. The topological polar surface area (TPSA) is 52.9 Å². The molecule has 3 nitrogen and oxygen atoms in total. The van der Waals surface area contributed by atoms with Gasteiger partial charge >= 0.3 is 0 Å². The zero-order chi connectivity index (χ0) is 15.2. The van der Waals surface area contributed by atoms with Crippen LogP contribution in [0, 0.1) is 11.3 Å². The number of thioether (sulfide) groups is 1. The minimum Gasteiger partial charge on any atom is -0.348 e. The van der Waals surface area contributed by atoms with Gasteiger partial charge < -0.3 is 5.32 Å². The van der Waals surface area contributed by atoms with E-state index in [-0.39, 0.29) is 5.91 Å². The van der Waals surface area contributed by atoms with Crippen molar-refractivity contribution in [3.8, 4) is 6.07 Å². The van der Waals surface area contributed by atoms with Gasteiger partial charge in [0.15, 0.2) is 0 Å². The maximum atomic E-state index is 12.2. The van der Waals surface area contributed by atoms with E-state index in [1.807, 2.05) is 18.4 Å². The van der Waals surface area contributed by atoms with E-state index < -0.39 is 0 Å². The Kier molecular flexibility index (Phi) is 5.26. The Labute approximate surface area is 132 Å². The summed E-state index contributed by atoms with van der Waals surface area (Å²) in [4.78, 5) is 13.2. The summed E-state index contributed by atoms with van der Waals surface area (Å²) in [6, 6.07) is 14.6. The van der Waals surface area contributed by atoms with Crippen molar-refractivity contribution < 1.29 is 4.79 Å². The molecule has 0 aliphatic carbocycles. The van der Waals surface area contributed by atoms with Crippen molar-refractivity contribution in [2.75, 3.05) is 6.26 Å². The molecule has 0 radical (unpaired) electrons. The van der Waals surface area contributed by atoms with Gasteiger partial charge in [0.25, 0.3) is 5.91 Å². The smallest absolute Gasteiger partial charge is 0.253 e. The molecule has 2 aromatic carbocycles. The Bertz CT molecular complexity index is 710. The lowest BCUT2D eigenvalue weighted by Crippen LogP contribution is -2.23. The summed E-state index contributed by atoms with van der Waals surface area (Å²) in [6.07, 6.45) is 1.94. The highest BCUT2D eigenvalue weighted by Gasteiger charge is 2.11. The largest absolute Gasteiger partial charge is 0.348 e. The van der Waals surface area contributed by atoms with Crippen LogP contribution in [0.1, 0.15) is 21.5 Å². The maximum absolute atomic E-state index is 12.2. The normalized spacial score (nSPS) is 9.95. The molecule has 1 amide bonds. The van der Waals surface area contributed by atoms with E-state index in [1.54, 1.807) is 42.1 Å². The Hall–Kier alpha value is -1.96. The molecule has 0 saturated heterocycles. The third-order valence-corrected chi connectivity index (χ3v) is 3.98. The molecule has 2 rings (SSSR count). The van der Waals surface area contributed by atoms with Gasteiger partial charge in [-0.25, -0.2) is 0 Å². The van der Waals surface area contributed by atoms with Gasteiger partial charge in [-0.05, 0) is 42.2 Å². The van der Waals surface area contributed by atoms with Crippen molar-refractivity contribution in [2.24, 2.45) is 0 Å². The molecule has 5 heteroatoms. The lowest BCUT2D eigenvalue weighted by atomic mass is 10.1. The highest BCUT2D eigenvalue weighted by molar-refractivity contribution is 7.98. The van der Waals surface area contributed by atoms with Crippen LogP contribution in [-0.2, 0) is 6.54 Å². The van der Waals surface area contributed by atoms with Crippen LogP contribution in [0.5, 0.6) is 0 Å². The second-order valence-corrected chi connectivity index (χ2v) is 5.63. The first-order valence-electron chi connectivity index (χ1n) is 6.25. The van der Waals surface area contributed by atoms with Gasteiger partial charge in [-0.1, -0.05) is 23.7 Å². The molecule has 0 spiro atoms. The summed E-state index contributed by atoms with van der Waals surface area (Å²) in [5.74, 6) is -0.224. The molecule has 106 valence electrons. The Morgan fingerprint density at radius 3 is 2.86 bits per heavy atom. The number of nitriles is 1. The molecule has 0 bridgehead atoms. The minimum absolute atomic E-state index is 0.224. The molecule has 0 aliphatic heterocycles. The number of amides is 1. The molecule has 1 N–H and O–H groups in total. The van der Waals surface area contributed by atoms with Crippen LogP contribution in [0.15, 0.2) is 47.4 Å². The van der Waals surface area contributed by atoms with Crippen LogP contribution in [0.25, 0.3) is 0 Å². The van der Waals surface area contributed by atoms with Crippen molar-refractivity contribution in [3.05, 3.63) is 64.2 Å². The molecule has 0 aliphatic rings. The van der Waals surface area contributed by atoms with Gasteiger partial charge in [-0.3, -0.25) is 4.79 Å². The summed E-state index contributed by atoms with van der Waals surface area (Å²) in [5, 5.41) is 12.1. The van der Waals surface area contributed by atoms with Crippen LogP contribution in [0.4, 0.5) is 0 Å². The Balaban J connectivity index is 2.10. The summed E-state index contributed by atoms with van der Waals surface area (Å²) in [7, 11) is 0. The first kappa shape index (κ1) is 15.4. The fourth-order valence-corrected chi connectivity index (χ4v) is 2.48. The number of carbonyl (C=O) groups excluding carboxylic acids is 1. The van der Waals surface area contributed by atoms with E-state index >= 15 is 0 Å². The number of hydrogen-bond acceptors (Lipinski definition) is 3. The van der Waals surface area contributed by atoms with Gasteiger partial charge in [0.1, 0.15) is 0 Å². The maximum Gasteiger partial charge on any atom is 0.253 e. The average molecular weight is 317 g/mol. The molecule has 2 aromatic rings. The van der Waals surface area contributed by atoms with E-state index in [9.17, 15) is 4.79 Å².